The number of aliphatic hydroxyl groups is 2. The van der Waals surface area contributed by atoms with Crippen LogP contribution in [0.1, 0.15) is 13.2 Å². The first-order valence-corrected chi connectivity index (χ1v) is 5.53. The summed E-state index contributed by atoms with van der Waals surface area (Å²) in [5.41, 5.74) is 5.36. The third-order valence-electron chi connectivity index (χ3n) is 2.90. The Bertz CT molecular complexity index is 525. The van der Waals surface area contributed by atoms with E-state index in [9.17, 15) is 9.90 Å². The van der Waals surface area contributed by atoms with Crippen molar-refractivity contribution in [3.8, 4) is 0 Å². The van der Waals surface area contributed by atoms with Gasteiger partial charge in [0.05, 0.1) is 6.61 Å². The Morgan fingerprint density at radius 2 is 2.39 bits per heavy atom. The highest BCUT2D eigenvalue weighted by Gasteiger charge is 2.39. The molecular formula is C11H15N3O4. The summed E-state index contributed by atoms with van der Waals surface area (Å²) in [5.74, 6) is 0.121. The molecule has 18 heavy (non-hydrogen) atoms. The van der Waals surface area contributed by atoms with E-state index in [-0.39, 0.29) is 12.4 Å². The number of rotatable bonds is 2. The minimum absolute atomic E-state index is 0.121. The van der Waals surface area contributed by atoms with Gasteiger partial charge in [-0.3, -0.25) is 4.57 Å². The van der Waals surface area contributed by atoms with Gasteiger partial charge in [-0.15, -0.1) is 0 Å². The Balaban J connectivity index is 2.41. The van der Waals surface area contributed by atoms with Gasteiger partial charge in [0.2, 0.25) is 0 Å². The van der Waals surface area contributed by atoms with E-state index in [0.717, 1.165) is 0 Å². The number of hydrogen-bond acceptors (Lipinski definition) is 6. The number of nitrogens with zero attached hydrogens (tertiary/aromatic N) is 2. The molecule has 0 radical (unpaired) electrons. The second-order valence-corrected chi connectivity index (χ2v) is 3.99. The van der Waals surface area contributed by atoms with Gasteiger partial charge in [-0.1, -0.05) is 6.08 Å². The zero-order chi connectivity index (χ0) is 13.3. The summed E-state index contributed by atoms with van der Waals surface area (Å²) in [6, 6.07) is 1.47. The van der Waals surface area contributed by atoms with Crippen molar-refractivity contribution in [2.45, 2.75) is 25.4 Å². The van der Waals surface area contributed by atoms with Gasteiger partial charge in [0.15, 0.2) is 6.23 Å². The van der Waals surface area contributed by atoms with Crippen LogP contribution in [0, 0.1) is 0 Å². The SMILES string of the molecule is CC=C1[C@H](n2ccc(N)nc2=O)O[C@H](CO)[C@H]1O. The monoisotopic (exact) mass is 253 g/mol. The zero-order valence-electron chi connectivity index (χ0n) is 9.85. The number of hydrogen-bond donors (Lipinski definition) is 3. The van der Waals surface area contributed by atoms with E-state index in [1.165, 1.54) is 16.8 Å². The summed E-state index contributed by atoms with van der Waals surface area (Å²) in [6.07, 6.45) is 0.668. The first kappa shape index (κ1) is 12.7. The van der Waals surface area contributed by atoms with E-state index in [1.807, 2.05) is 0 Å². The van der Waals surface area contributed by atoms with E-state index < -0.39 is 24.1 Å². The van der Waals surface area contributed by atoms with E-state index in [0.29, 0.717) is 5.57 Å². The van der Waals surface area contributed by atoms with Crippen LogP contribution < -0.4 is 11.4 Å². The minimum Gasteiger partial charge on any atom is -0.394 e. The summed E-state index contributed by atoms with van der Waals surface area (Å²) >= 11 is 0. The van der Waals surface area contributed by atoms with Gasteiger partial charge in [0.1, 0.15) is 18.0 Å². The molecule has 7 heteroatoms. The molecule has 0 aromatic carbocycles. The van der Waals surface area contributed by atoms with Gasteiger partial charge in [-0.05, 0) is 13.0 Å². The molecule has 4 N–H and O–H groups in total. The van der Waals surface area contributed by atoms with Crippen LogP contribution in [0.3, 0.4) is 0 Å². The van der Waals surface area contributed by atoms with Crippen molar-refractivity contribution < 1.29 is 14.9 Å². The number of ether oxygens (including phenoxy) is 1. The van der Waals surface area contributed by atoms with Gasteiger partial charge in [0.25, 0.3) is 0 Å². The number of allylic oxidation sites excluding steroid dienone is 1. The zero-order valence-corrected chi connectivity index (χ0v) is 9.85. The molecule has 1 aromatic heterocycles. The number of aliphatic hydroxyl groups excluding tert-OH is 2. The molecule has 98 valence electrons. The predicted molar refractivity (Wildman–Crippen MR) is 63.7 cm³/mol. The van der Waals surface area contributed by atoms with Crippen LogP contribution in [-0.2, 0) is 4.74 Å². The first-order valence-electron chi connectivity index (χ1n) is 5.53. The Labute approximate surface area is 103 Å². The lowest BCUT2D eigenvalue weighted by atomic mass is 10.1. The fourth-order valence-electron chi connectivity index (χ4n) is 1.97. The highest BCUT2D eigenvalue weighted by molar-refractivity contribution is 5.25. The second kappa shape index (κ2) is 4.89. The summed E-state index contributed by atoms with van der Waals surface area (Å²) in [6.45, 7) is 1.40. The Morgan fingerprint density at radius 3 is 2.94 bits per heavy atom. The van der Waals surface area contributed by atoms with Crippen molar-refractivity contribution in [1.29, 1.82) is 0 Å². The lowest BCUT2D eigenvalue weighted by Crippen LogP contribution is -2.28. The molecule has 7 nitrogen and oxygen atoms in total. The number of nitrogen functional groups attached to an aromatic ring is 1. The van der Waals surface area contributed by atoms with Gasteiger partial charge in [-0.25, -0.2) is 4.79 Å². The van der Waals surface area contributed by atoms with Crippen LogP contribution in [0.15, 0.2) is 28.7 Å². The molecule has 2 heterocycles. The van der Waals surface area contributed by atoms with Crippen molar-refractivity contribution in [2.24, 2.45) is 0 Å². The van der Waals surface area contributed by atoms with Gasteiger partial charge < -0.3 is 20.7 Å². The molecule has 0 saturated carbocycles. The van der Waals surface area contributed by atoms with Gasteiger partial charge >= 0.3 is 5.69 Å². The fourth-order valence-corrected chi connectivity index (χ4v) is 1.97. The standard InChI is InChI=1S/C11H15N3O4/c1-2-6-9(16)7(5-15)18-10(6)14-4-3-8(12)13-11(14)17/h2-4,7,9-10,15-16H,5H2,1H3,(H2,12,13,17)/t7-,9+,10-/m1/s1. The smallest absolute Gasteiger partial charge is 0.351 e. The molecule has 2 rings (SSSR count). The lowest BCUT2D eigenvalue weighted by Gasteiger charge is -2.15. The molecule has 0 bridgehead atoms. The van der Waals surface area contributed by atoms with Crippen LogP contribution in [0.25, 0.3) is 0 Å². The molecule has 0 spiro atoms. The molecule has 0 unspecified atom stereocenters. The maximum atomic E-state index is 11.7. The Morgan fingerprint density at radius 1 is 1.67 bits per heavy atom. The van der Waals surface area contributed by atoms with Crippen molar-refractivity contribution in [3.63, 3.8) is 0 Å². The summed E-state index contributed by atoms with van der Waals surface area (Å²) in [7, 11) is 0. The predicted octanol–water partition coefficient (Wildman–Crippen LogP) is -0.978. The summed E-state index contributed by atoms with van der Waals surface area (Å²) in [4.78, 5) is 15.3. The highest BCUT2D eigenvalue weighted by Crippen LogP contribution is 2.32. The van der Waals surface area contributed by atoms with Crippen LogP contribution in [-0.4, -0.2) is 38.6 Å². The van der Waals surface area contributed by atoms with Crippen molar-refractivity contribution in [3.05, 3.63) is 34.4 Å². The topological polar surface area (TPSA) is 111 Å². The summed E-state index contributed by atoms with van der Waals surface area (Å²) < 4.78 is 6.67. The van der Waals surface area contributed by atoms with Crippen molar-refractivity contribution >= 4 is 5.82 Å². The van der Waals surface area contributed by atoms with E-state index >= 15 is 0 Å². The third-order valence-corrected chi connectivity index (χ3v) is 2.90. The third kappa shape index (κ3) is 2.03. The average molecular weight is 253 g/mol. The molecule has 3 atom stereocenters. The van der Waals surface area contributed by atoms with Gasteiger partial charge in [-0.2, -0.15) is 4.98 Å². The second-order valence-electron chi connectivity index (χ2n) is 3.99. The molecule has 0 aliphatic carbocycles. The van der Waals surface area contributed by atoms with Crippen LogP contribution in [0.4, 0.5) is 5.82 Å². The van der Waals surface area contributed by atoms with E-state index in [1.54, 1.807) is 13.0 Å². The maximum Gasteiger partial charge on any atom is 0.351 e. The van der Waals surface area contributed by atoms with Crippen LogP contribution >= 0.6 is 0 Å². The molecular weight excluding hydrogens is 238 g/mol. The largest absolute Gasteiger partial charge is 0.394 e. The number of aromatic nitrogens is 2. The lowest BCUT2D eigenvalue weighted by molar-refractivity contribution is -0.0447. The molecule has 1 aliphatic heterocycles. The molecule has 1 aromatic rings. The number of anilines is 1. The number of nitrogens with two attached hydrogens (primary N) is 1. The van der Waals surface area contributed by atoms with E-state index in [4.69, 9.17) is 15.6 Å². The van der Waals surface area contributed by atoms with Crippen molar-refractivity contribution in [1.82, 2.24) is 9.55 Å². The maximum absolute atomic E-state index is 11.7. The van der Waals surface area contributed by atoms with Crippen molar-refractivity contribution in [2.75, 3.05) is 12.3 Å². The Hall–Kier alpha value is -1.70. The minimum atomic E-state index is -0.936. The highest BCUT2D eigenvalue weighted by atomic mass is 16.5. The Kier molecular flexibility index (Phi) is 3.46. The fraction of sp³-hybridized carbons (Fsp3) is 0.455. The van der Waals surface area contributed by atoms with E-state index in [2.05, 4.69) is 4.98 Å². The first-order chi connectivity index (χ1) is 8.58. The molecule has 0 amide bonds. The molecule has 1 aliphatic rings. The quantitative estimate of drug-likeness (QED) is 0.584. The molecule has 1 saturated heterocycles. The normalized spacial score (nSPS) is 29.9. The summed E-state index contributed by atoms with van der Waals surface area (Å²) in [5, 5.41) is 19.0. The molecule has 1 fully saturated rings. The van der Waals surface area contributed by atoms with Crippen LogP contribution in [0.5, 0.6) is 0 Å². The van der Waals surface area contributed by atoms with Gasteiger partial charge in [0, 0.05) is 11.8 Å². The average Bonchev–Trinajstić information content (AvgIpc) is 2.65. The van der Waals surface area contributed by atoms with Crippen LogP contribution in [0.2, 0.25) is 0 Å².